The number of hydrogen-bond acceptors (Lipinski definition) is 7. The number of hydrogen-bond donors (Lipinski definition) is 1. The molecule has 0 radical (unpaired) electrons. The fraction of sp³-hybridized carbons (Fsp3) is 0.231. The number of halogens is 2. The summed E-state index contributed by atoms with van der Waals surface area (Å²) in [5, 5.41) is 0.800. The van der Waals surface area contributed by atoms with Crippen molar-refractivity contribution in [2.45, 2.75) is 24.3 Å². The van der Waals surface area contributed by atoms with E-state index in [2.05, 4.69) is 25.5 Å². The number of ether oxygens (including phenoxy) is 3. The third-order valence-corrected chi connectivity index (χ3v) is 7.58. The molecule has 1 N–H and O–H groups in total. The van der Waals surface area contributed by atoms with Gasteiger partial charge in [0.1, 0.15) is 41.0 Å². The van der Waals surface area contributed by atoms with Gasteiger partial charge in [-0.3, -0.25) is 0 Å². The maximum absolute atomic E-state index is 14.4. The van der Waals surface area contributed by atoms with E-state index < -0.39 is 21.3 Å². The Morgan fingerprint density at radius 2 is 1.97 bits per heavy atom. The van der Waals surface area contributed by atoms with E-state index in [1.807, 2.05) is 19.1 Å². The Balaban J connectivity index is 1.58. The predicted octanol–water partition coefficient (Wildman–Crippen LogP) is 4.56. The summed E-state index contributed by atoms with van der Waals surface area (Å²) in [5.41, 5.74) is 3.04. The zero-order valence-electron chi connectivity index (χ0n) is 20.2. The second kappa shape index (κ2) is 9.91. The van der Waals surface area contributed by atoms with Gasteiger partial charge in [0.25, 0.3) is 0 Å². The highest BCUT2D eigenvalue weighted by molar-refractivity contribution is 8.01. The number of nitrogens with one attached hydrogen (secondary N) is 1. The lowest BCUT2D eigenvalue weighted by Gasteiger charge is -2.18. The molecule has 1 aliphatic heterocycles. The van der Waals surface area contributed by atoms with Crippen LogP contribution < -0.4 is 14.2 Å². The Morgan fingerprint density at radius 3 is 2.70 bits per heavy atom. The Morgan fingerprint density at radius 1 is 1.14 bits per heavy atom. The van der Waals surface area contributed by atoms with E-state index in [9.17, 15) is 13.0 Å². The van der Waals surface area contributed by atoms with Crippen molar-refractivity contribution < 1.29 is 27.2 Å². The number of aryl methyl sites for hydroxylation is 1. The first-order valence-corrected chi connectivity index (χ1v) is 13.1. The van der Waals surface area contributed by atoms with E-state index >= 15 is 0 Å². The van der Waals surface area contributed by atoms with E-state index in [1.54, 1.807) is 12.3 Å². The van der Waals surface area contributed by atoms with Crippen LogP contribution in [-0.2, 0) is 14.4 Å². The number of benzene rings is 2. The zero-order chi connectivity index (χ0) is 26.2. The summed E-state index contributed by atoms with van der Waals surface area (Å²) >= 11 is 0. The number of pyridine rings is 1. The third kappa shape index (κ3) is 5.05. The normalized spacial score (nSPS) is 16.9. The summed E-state index contributed by atoms with van der Waals surface area (Å²) < 4.78 is 60.9. The van der Waals surface area contributed by atoms with Gasteiger partial charge in [-0.1, -0.05) is 0 Å². The molecule has 8 nitrogen and oxygen atoms in total. The maximum atomic E-state index is 14.4. The summed E-state index contributed by atoms with van der Waals surface area (Å²) in [6, 6.07) is 8.20. The summed E-state index contributed by atoms with van der Waals surface area (Å²) in [6.45, 7) is 3.00. The first-order chi connectivity index (χ1) is 17.7. The first kappa shape index (κ1) is 24.8. The van der Waals surface area contributed by atoms with Crippen molar-refractivity contribution in [3.63, 3.8) is 0 Å². The molecule has 0 bridgehead atoms. The lowest BCUT2D eigenvalue weighted by Crippen LogP contribution is -2.16. The SMILES string of the molecule is C=S(=O)(Nc1cc(-c2cc(O[C@H]3CCOC3)c3ncnc(C)c3c2)cnc1OC)c1ccc(F)cc1F. The smallest absolute Gasteiger partial charge is 0.238 e. The van der Waals surface area contributed by atoms with Crippen LogP contribution in [0.15, 0.2) is 53.8 Å². The summed E-state index contributed by atoms with van der Waals surface area (Å²) in [4.78, 5) is 12.8. The Labute approximate surface area is 212 Å². The van der Waals surface area contributed by atoms with Crippen molar-refractivity contribution in [2.24, 2.45) is 0 Å². The van der Waals surface area contributed by atoms with Gasteiger partial charge in [-0.15, -0.1) is 0 Å². The van der Waals surface area contributed by atoms with E-state index in [-0.39, 0.29) is 22.6 Å². The van der Waals surface area contributed by atoms with E-state index in [1.165, 1.54) is 13.4 Å². The van der Waals surface area contributed by atoms with Crippen LogP contribution in [0.3, 0.4) is 0 Å². The molecule has 192 valence electrons. The molecule has 1 saturated heterocycles. The van der Waals surface area contributed by atoms with Crippen LogP contribution in [0.4, 0.5) is 14.5 Å². The molecule has 1 unspecified atom stereocenters. The van der Waals surface area contributed by atoms with Gasteiger partial charge in [-0.2, -0.15) is 0 Å². The molecule has 0 aliphatic carbocycles. The maximum Gasteiger partial charge on any atom is 0.238 e. The predicted molar refractivity (Wildman–Crippen MR) is 137 cm³/mol. The van der Waals surface area contributed by atoms with Gasteiger partial charge in [0.15, 0.2) is 0 Å². The molecule has 1 fully saturated rings. The molecule has 3 heterocycles. The molecule has 0 spiro atoms. The molecule has 0 saturated carbocycles. The highest BCUT2D eigenvalue weighted by Gasteiger charge is 2.21. The van der Waals surface area contributed by atoms with E-state index in [0.29, 0.717) is 36.1 Å². The van der Waals surface area contributed by atoms with Crippen molar-refractivity contribution in [2.75, 3.05) is 25.0 Å². The Hall–Kier alpha value is -3.83. The highest BCUT2D eigenvalue weighted by Crippen LogP contribution is 2.36. The Bertz CT molecular complexity index is 1590. The molecular formula is C26H24F2N4O4S. The van der Waals surface area contributed by atoms with Crippen LogP contribution in [0, 0.1) is 18.6 Å². The van der Waals surface area contributed by atoms with Crippen molar-refractivity contribution in [3.05, 3.63) is 66.3 Å². The molecule has 5 rings (SSSR count). The average Bonchev–Trinajstić information content (AvgIpc) is 3.37. The molecule has 37 heavy (non-hydrogen) atoms. The number of methoxy groups -OCH3 is 1. The molecule has 2 aromatic heterocycles. The van der Waals surface area contributed by atoms with Crippen LogP contribution in [-0.4, -0.2) is 51.5 Å². The number of nitrogens with zero attached hydrogens (tertiary/aromatic N) is 3. The van der Waals surface area contributed by atoms with Gasteiger partial charge in [0.05, 0.1) is 34.9 Å². The fourth-order valence-corrected chi connectivity index (χ4v) is 5.40. The fourth-order valence-electron chi connectivity index (χ4n) is 4.12. The molecule has 1 aliphatic rings. The number of aromatic nitrogens is 3. The average molecular weight is 527 g/mol. The minimum atomic E-state index is -3.43. The van der Waals surface area contributed by atoms with Crippen LogP contribution in [0.25, 0.3) is 22.0 Å². The molecule has 11 heteroatoms. The van der Waals surface area contributed by atoms with Gasteiger partial charge in [0.2, 0.25) is 5.88 Å². The van der Waals surface area contributed by atoms with Crippen LogP contribution in [0.2, 0.25) is 0 Å². The van der Waals surface area contributed by atoms with Gasteiger partial charge in [-0.05, 0) is 48.7 Å². The quantitative estimate of drug-likeness (QED) is 0.353. The number of fused-ring (bicyclic) bond motifs is 1. The number of anilines is 1. The molecule has 0 amide bonds. The standard InChI is InChI=1S/C26H24F2N4O4S/c1-15-20-8-16(10-23(25(20)31-14-30-15)36-19-6-7-35-13-19)17-9-22(26(34-2)29-12-17)32-37(3,33)24-5-4-18(27)11-21(24)28/h4-5,8-12,14,19H,3,6-7,13H2,1-2H3,(H,32,33)/t19-,37?/m0/s1. The van der Waals surface area contributed by atoms with Crippen molar-refractivity contribution >= 4 is 32.2 Å². The molecule has 2 atom stereocenters. The van der Waals surface area contributed by atoms with Crippen LogP contribution in [0.5, 0.6) is 11.6 Å². The summed E-state index contributed by atoms with van der Waals surface area (Å²) in [5.74, 6) is 2.60. The monoisotopic (exact) mass is 526 g/mol. The summed E-state index contributed by atoms with van der Waals surface area (Å²) in [6.07, 6.45) is 3.76. The van der Waals surface area contributed by atoms with Crippen LogP contribution >= 0.6 is 0 Å². The van der Waals surface area contributed by atoms with E-state index in [4.69, 9.17) is 14.2 Å². The molecule has 2 aromatic carbocycles. The van der Waals surface area contributed by atoms with Gasteiger partial charge in [0, 0.05) is 35.3 Å². The highest BCUT2D eigenvalue weighted by atomic mass is 32.2. The second-order valence-corrected chi connectivity index (χ2v) is 10.6. The molecule has 4 aromatic rings. The van der Waals surface area contributed by atoms with Crippen LogP contribution in [0.1, 0.15) is 12.1 Å². The minimum Gasteiger partial charge on any atom is -0.486 e. The lowest BCUT2D eigenvalue weighted by atomic mass is 10.0. The van der Waals surface area contributed by atoms with Gasteiger partial charge >= 0.3 is 0 Å². The lowest BCUT2D eigenvalue weighted by molar-refractivity contribution is 0.142. The van der Waals surface area contributed by atoms with Crippen molar-refractivity contribution in [3.8, 4) is 22.8 Å². The summed E-state index contributed by atoms with van der Waals surface area (Å²) in [7, 11) is -2.02. The Kier molecular flexibility index (Phi) is 6.65. The third-order valence-electron chi connectivity index (χ3n) is 5.99. The largest absolute Gasteiger partial charge is 0.486 e. The minimum absolute atomic E-state index is 0.0959. The molecular weight excluding hydrogens is 502 g/mol. The van der Waals surface area contributed by atoms with Gasteiger partial charge in [-0.25, -0.2) is 27.9 Å². The van der Waals surface area contributed by atoms with Gasteiger partial charge < -0.3 is 18.9 Å². The van der Waals surface area contributed by atoms with Crippen molar-refractivity contribution in [1.82, 2.24) is 15.0 Å². The van der Waals surface area contributed by atoms with E-state index in [0.717, 1.165) is 35.2 Å². The topological polar surface area (TPSA) is 95.5 Å². The second-order valence-electron chi connectivity index (χ2n) is 8.57. The first-order valence-electron chi connectivity index (χ1n) is 11.4. The van der Waals surface area contributed by atoms with Crippen molar-refractivity contribution in [1.29, 1.82) is 0 Å². The number of rotatable bonds is 7. The zero-order valence-corrected chi connectivity index (χ0v) is 21.0.